The molecular formula is C11H11NO6S. The standard InChI is InChI=1S/C11H11NO6S/c13-10(14)5-9(11(15)16)19-6-7-3-1-2-4-8(7)12(17)18/h1-4,9H,5-6H2,(H,13,14)(H,15,16). The first-order valence-electron chi connectivity index (χ1n) is 5.20. The van der Waals surface area contributed by atoms with Crippen molar-refractivity contribution in [3.8, 4) is 0 Å². The van der Waals surface area contributed by atoms with Crippen molar-refractivity contribution in [3.63, 3.8) is 0 Å². The van der Waals surface area contributed by atoms with Crippen molar-refractivity contribution in [2.75, 3.05) is 0 Å². The molecule has 0 spiro atoms. The maximum atomic E-state index is 10.9. The van der Waals surface area contributed by atoms with Gasteiger partial charge in [0.15, 0.2) is 0 Å². The van der Waals surface area contributed by atoms with Gasteiger partial charge in [-0.2, -0.15) is 0 Å². The van der Waals surface area contributed by atoms with E-state index in [0.717, 1.165) is 11.8 Å². The van der Waals surface area contributed by atoms with Crippen molar-refractivity contribution >= 4 is 29.4 Å². The number of para-hydroxylation sites is 1. The fourth-order valence-corrected chi connectivity index (χ4v) is 2.41. The van der Waals surface area contributed by atoms with Crippen LogP contribution in [-0.4, -0.2) is 32.3 Å². The highest BCUT2D eigenvalue weighted by atomic mass is 32.2. The highest BCUT2D eigenvalue weighted by molar-refractivity contribution is 7.99. The van der Waals surface area contributed by atoms with E-state index < -0.39 is 28.5 Å². The summed E-state index contributed by atoms with van der Waals surface area (Å²) in [7, 11) is 0. The molecule has 2 N–H and O–H groups in total. The maximum Gasteiger partial charge on any atom is 0.317 e. The first-order valence-corrected chi connectivity index (χ1v) is 6.25. The normalized spacial score (nSPS) is 11.8. The average molecular weight is 285 g/mol. The fourth-order valence-electron chi connectivity index (χ4n) is 1.38. The van der Waals surface area contributed by atoms with E-state index in [1.165, 1.54) is 18.2 Å². The molecule has 1 aromatic carbocycles. The molecule has 8 heteroatoms. The number of nitro groups is 1. The van der Waals surface area contributed by atoms with Crippen molar-refractivity contribution in [3.05, 3.63) is 39.9 Å². The summed E-state index contributed by atoms with van der Waals surface area (Å²) in [6, 6.07) is 5.96. The van der Waals surface area contributed by atoms with Crippen LogP contribution in [0.4, 0.5) is 5.69 Å². The summed E-state index contributed by atoms with van der Waals surface area (Å²) in [5.41, 5.74) is 0.267. The van der Waals surface area contributed by atoms with Crippen LogP contribution in [0, 0.1) is 10.1 Å². The molecule has 0 radical (unpaired) electrons. The minimum Gasteiger partial charge on any atom is -0.481 e. The predicted octanol–water partition coefficient (Wildman–Crippen LogP) is 1.76. The van der Waals surface area contributed by atoms with E-state index in [-0.39, 0.29) is 11.4 Å². The minimum atomic E-state index is -1.24. The third-order valence-electron chi connectivity index (χ3n) is 2.26. The lowest BCUT2D eigenvalue weighted by atomic mass is 10.2. The minimum absolute atomic E-state index is 0.0708. The zero-order chi connectivity index (χ0) is 14.4. The smallest absolute Gasteiger partial charge is 0.317 e. The number of carboxylic acids is 2. The van der Waals surface area contributed by atoms with Gasteiger partial charge in [-0.15, -0.1) is 11.8 Å². The summed E-state index contributed by atoms with van der Waals surface area (Å²) in [5, 5.41) is 27.1. The van der Waals surface area contributed by atoms with Crippen LogP contribution in [0.3, 0.4) is 0 Å². The zero-order valence-corrected chi connectivity index (χ0v) is 10.5. The molecule has 1 unspecified atom stereocenters. The van der Waals surface area contributed by atoms with E-state index in [2.05, 4.69) is 0 Å². The van der Waals surface area contributed by atoms with Gasteiger partial charge < -0.3 is 10.2 Å². The molecule has 0 saturated heterocycles. The number of nitrogens with zero attached hydrogens (tertiary/aromatic N) is 1. The molecule has 7 nitrogen and oxygen atoms in total. The average Bonchev–Trinajstić information content (AvgIpc) is 2.34. The van der Waals surface area contributed by atoms with E-state index in [4.69, 9.17) is 10.2 Å². The summed E-state index contributed by atoms with van der Waals surface area (Å²) >= 11 is 0.858. The van der Waals surface area contributed by atoms with Crippen LogP contribution in [0.2, 0.25) is 0 Å². The van der Waals surface area contributed by atoms with Crippen LogP contribution in [0.25, 0.3) is 0 Å². The summed E-state index contributed by atoms with van der Waals surface area (Å²) in [5.74, 6) is -2.39. The van der Waals surface area contributed by atoms with Crippen molar-refractivity contribution in [1.29, 1.82) is 0 Å². The summed E-state index contributed by atoms with van der Waals surface area (Å²) in [6.45, 7) is 0. The Morgan fingerprint density at radius 1 is 1.32 bits per heavy atom. The lowest BCUT2D eigenvalue weighted by molar-refractivity contribution is -0.385. The predicted molar refractivity (Wildman–Crippen MR) is 68.1 cm³/mol. The molecule has 1 rings (SSSR count). The Balaban J connectivity index is 2.77. The van der Waals surface area contributed by atoms with Crippen LogP contribution >= 0.6 is 11.8 Å². The van der Waals surface area contributed by atoms with E-state index in [0.29, 0.717) is 5.56 Å². The molecule has 0 aliphatic carbocycles. The maximum absolute atomic E-state index is 10.9. The molecular weight excluding hydrogens is 274 g/mol. The Labute approximate surface area is 112 Å². The Morgan fingerprint density at radius 2 is 1.95 bits per heavy atom. The molecule has 19 heavy (non-hydrogen) atoms. The van der Waals surface area contributed by atoms with E-state index in [1.54, 1.807) is 6.07 Å². The number of thioether (sulfide) groups is 1. The van der Waals surface area contributed by atoms with Gasteiger partial charge in [0.25, 0.3) is 5.69 Å². The Kier molecular flexibility index (Phi) is 5.31. The number of aliphatic carboxylic acids is 2. The lowest BCUT2D eigenvalue weighted by Crippen LogP contribution is -2.20. The SMILES string of the molecule is O=C(O)CC(SCc1ccccc1[N+](=O)[O-])C(=O)O. The van der Waals surface area contributed by atoms with E-state index in [9.17, 15) is 19.7 Å². The second kappa shape index (κ2) is 6.74. The number of benzene rings is 1. The molecule has 0 saturated carbocycles. The molecule has 1 aromatic rings. The summed E-state index contributed by atoms with van der Waals surface area (Å²) in [6.07, 6.45) is -0.527. The van der Waals surface area contributed by atoms with Crippen LogP contribution in [0.1, 0.15) is 12.0 Å². The molecule has 0 aliphatic heterocycles. The van der Waals surface area contributed by atoms with Gasteiger partial charge in [0.2, 0.25) is 0 Å². The summed E-state index contributed by atoms with van der Waals surface area (Å²) in [4.78, 5) is 31.6. The van der Waals surface area contributed by atoms with Crippen molar-refractivity contribution in [1.82, 2.24) is 0 Å². The topological polar surface area (TPSA) is 118 Å². The largest absolute Gasteiger partial charge is 0.481 e. The van der Waals surface area contributed by atoms with E-state index in [1.807, 2.05) is 0 Å². The van der Waals surface area contributed by atoms with Gasteiger partial charge in [0, 0.05) is 17.4 Å². The van der Waals surface area contributed by atoms with Crippen LogP contribution in [0.15, 0.2) is 24.3 Å². The van der Waals surface area contributed by atoms with Crippen LogP contribution in [0.5, 0.6) is 0 Å². The third-order valence-corrected chi connectivity index (χ3v) is 3.51. The van der Waals surface area contributed by atoms with Crippen LogP contribution < -0.4 is 0 Å². The van der Waals surface area contributed by atoms with E-state index >= 15 is 0 Å². The Hall–Kier alpha value is -2.09. The van der Waals surface area contributed by atoms with Gasteiger partial charge in [-0.25, -0.2) is 0 Å². The molecule has 0 fully saturated rings. The van der Waals surface area contributed by atoms with Gasteiger partial charge in [0.1, 0.15) is 5.25 Å². The summed E-state index contributed by atoms with van der Waals surface area (Å²) < 4.78 is 0. The van der Waals surface area contributed by atoms with Gasteiger partial charge in [-0.3, -0.25) is 19.7 Å². The number of hydrogen-bond acceptors (Lipinski definition) is 5. The molecule has 0 aliphatic rings. The lowest BCUT2D eigenvalue weighted by Gasteiger charge is -2.09. The van der Waals surface area contributed by atoms with Gasteiger partial charge in [-0.05, 0) is 0 Å². The van der Waals surface area contributed by atoms with Gasteiger partial charge >= 0.3 is 11.9 Å². The first kappa shape index (κ1) is 15.0. The fraction of sp³-hybridized carbons (Fsp3) is 0.273. The highest BCUT2D eigenvalue weighted by Crippen LogP contribution is 2.26. The number of hydrogen-bond donors (Lipinski definition) is 2. The monoisotopic (exact) mass is 285 g/mol. The zero-order valence-electron chi connectivity index (χ0n) is 9.68. The van der Waals surface area contributed by atoms with Crippen molar-refractivity contribution in [2.45, 2.75) is 17.4 Å². The second-order valence-electron chi connectivity index (χ2n) is 3.62. The molecule has 0 bridgehead atoms. The number of rotatable bonds is 7. The molecule has 1 atom stereocenters. The van der Waals surface area contributed by atoms with Gasteiger partial charge in [-0.1, -0.05) is 18.2 Å². The first-order chi connectivity index (χ1) is 8.91. The highest BCUT2D eigenvalue weighted by Gasteiger charge is 2.23. The van der Waals surface area contributed by atoms with Crippen LogP contribution in [-0.2, 0) is 15.3 Å². The molecule has 0 heterocycles. The Morgan fingerprint density at radius 3 is 2.47 bits per heavy atom. The van der Waals surface area contributed by atoms with Gasteiger partial charge in [0.05, 0.1) is 11.3 Å². The molecule has 0 amide bonds. The molecule has 0 aromatic heterocycles. The number of carboxylic acid groups (broad SMARTS) is 2. The quantitative estimate of drug-likeness (QED) is 0.578. The third kappa shape index (κ3) is 4.59. The Bertz CT molecular complexity index is 504. The second-order valence-corrected chi connectivity index (χ2v) is 4.81. The molecule has 102 valence electrons. The van der Waals surface area contributed by atoms with Crippen molar-refractivity contribution in [2.24, 2.45) is 0 Å². The number of nitro benzene ring substituents is 1. The van der Waals surface area contributed by atoms with Crippen molar-refractivity contribution < 1.29 is 24.7 Å². The number of carbonyl (C=O) groups is 2.